The fourth-order valence-corrected chi connectivity index (χ4v) is 3.06. The quantitative estimate of drug-likeness (QED) is 0.822. The molecular formula is C19H22N4O2. The molecule has 0 saturated heterocycles. The molecule has 130 valence electrons. The Labute approximate surface area is 147 Å². The predicted octanol–water partition coefficient (Wildman–Crippen LogP) is 2.35. The Morgan fingerprint density at radius 3 is 2.84 bits per heavy atom. The molecule has 3 rings (SSSR count). The summed E-state index contributed by atoms with van der Waals surface area (Å²) in [6.45, 7) is 2.87. The minimum atomic E-state index is -0.259. The molecule has 1 aliphatic heterocycles. The number of rotatable bonds is 6. The molecule has 25 heavy (non-hydrogen) atoms. The Morgan fingerprint density at radius 2 is 2.08 bits per heavy atom. The van der Waals surface area contributed by atoms with Crippen LogP contribution in [0.15, 0.2) is 48.9 Å². The van der Waals surface area contributed by atoms with E-state index in [0.717, 1.165) is 24.1 Å². The van der Waals surface area contributed by atoms with Crippen molar-refractivity contribution in [2.45, 2.75) is 32.4 Å². The van der Waals surface area contributed by atoms with Gasteiger partial charge in [0.2, 0.25) is 11.8 Å². The number of nitrogens with one attached hydrogen (secondary N) is 1. The molecule has 1 aromatic heterocycles. The van der Waals surface area contributed by atoms with E-state index in [0.29, 0.717) is 6.54 Å². The first kappa shape index (κ1) is 17.0. The van der Waals surface area contributed by atoms with Crippen molar-refractivity contribution in [3.63, 3.8) is 0 Å². The van der Waals surface area contributed by atoms with E-state index in [1.807, 2.05) is 47.3 Å². The van der Waals surface area contributed by atoms with Crippen LogP contribution in [0.1, 0.15) is 36.9 Å². The fraction of sp³-hybridized carbons (Fsp3) is 0.316. The van der Waals surface area contributed by atoms with Crippen molar-refractivity contribution < 1.29 is 9.59 Å². The summed E-state index contributed by atoms with van der Waals surface area (Å²) in [5.41, 5.74) is 2.06. The Morgan fingerprint density at radius 1 is 1.24 bits per heavy atom. The van der Waals surface area contributed by atoms with E-state index in [1.54, 1.807) is 17.3 Å². The lowest BCUT2D eigenvalue weighted by Crippen LogP contribution is -2.35. The molecule has 1 atom stereocenters. The zero-order chi connectivity index (χ0) is 17.6. The normalized spacial score (nSPS) is 15.7. The van der Waals surface area contributed by atoms with Crippen LogP contribution in [0.3, 0.4) is 0 Å². The molecule has 0 saturated carbocycles. The monoisotopic (exact) mass is 338 g/mol. The topological polar surface area (TPSA) is 67.2 Å². The Hall–Kier alpha value is -2.89. The maximum absolute atomic E-state index is 12.4. The number of aryl methyl sites for hydroxylation is 1. The lowest BCUT2D eigenvalue weighted by atomic mass is 9.93. The lowest BCUT2D eigenvalue weighted by Gasteiger charge is -2.32. The highest BCUT2D eigenvalue weighted by Crippen LogP contribution is 2.32. The van der Waals surface area contributed by atoms with Crippen LogP contribution >= 0.6 is 0 Å². The SMILES string of the molecule is CC(=O)N1C=Cc2ccccc2[C@H]1CC(=O)NCCCn1cccn1. The molecule has 1 aromatic carbocycles. The number of carbonyl (C=O) groups excluding carboxylic acids is 2. The number of hydrogen-bond donors (Lipinski definition) is 1. The highest BCUT2D eigenvalue weighted by atomic mass is 16.2. The number of carbonyl (C=O) groups is 2. The lowest BCUT2D eigenvalue weighted by molar-refractivity contribution is -0.129. The molecule has 2 aromatic rings. The molecule has 2 heterocycles. The van der Waals surface area contributed by atoms with Gasteiger partial charge in [-0.1, -0.05) is 24.3 Å². The van der Waals surface area contributed by atoms with Crippen molar-refractivity contribution in [1.82, 2.24) is 20.0 Å². The van der Waals surface area contributed by atoms with Gasteiger partial charge in [-0.3, -0.25) is 14.3 Å². The molecule has 0 bridgehead atoms. The van der Waals surface area contributed by atoms with Gasteiger partial charge in [-0.2, -0.15) is 5.10 Å². The minimum Gasteiger partial charge on any atom is -0.356 e. The third kappa shape index (κ3) is 4.15. The zero-order valence-electron chi connectivity index (χ0n) is 14.3. The van der Waals surface area contributed by atoms with Gasteiger partial charge in [-0.15, -0.1) is 0 Å². The minimum absolute atomic E-state index is 0.0539. The summed E-state index contributed by atoms with van der Waals surface area (Å²) < 4.78 is 1.84. The van der Waals surface area contributed by atoms with E-state index in [9.17, 15) is 9.59 Å². The average Bonchev–Trinajstić information content (AvgIpc) is 3.12. The van der Waals surface area contributed by atoms with E-state index >= 15 is 0 Å². The first-order valence-corrected chi connectivity index (χ1v) is 8.45. The molecule has 1 aliphatic rings. The number of hydrogen-bond acceptors (Lipinski definition) is 3. The van der Waals surface area contributed by atoms with Gasteiger partial charge in [0.25, 0.3) is 0 Å². The van der Waals surface area contributed by atoms with Gasteiger partial charge < -0.3 is 10.2 Å². The highest BCUT2D eigenvalue weighted by molar-refractivity contribution is 5.81. The summed E-state index contributed by atoms with van der Waals surface area (Å²) in [6.07, 6.45) is 8.38. The molecule has 0 fully saturated rings. The number of nitrogens with zero attached hydrogens (tertiary/aromatic N) is 3. The number of amides is 2. The van der Waals surface area contributed by atoms with Gasteiger partial charge in [0, 0.05) is 38.6 Å². The molecular weight excluding hydrogens is 316 g/mol. The second-order valence-electron chi connectivity index (χ2n) is 6.06. The standard InChI is InChI=1S/C19H22N4O2/c1-15(24)23-13-8-16-6-2-3-7-17(16)18(23)14-19(25)20-9-4-11-22-12-5-10-21-22/h2-3,5-8,10,12-13,18H,4,9,11,14H2,1H3,(H,20,25)/t18-/m1/s1. The van der Waals surface area contributed by atoms with Crippen molar-refractivity contribution in [3.05, 3.63) is 60.1 Å². The molecule has 0 radical (unpaired) electrons. The smallest absolute Gasteiger partial charge is 0.223 e. The van der Waals surface area contributed by atoms with E-state index in [-0.39, 0.29) is 24.3 Å². The molecule has 1 N–H and O–H groups in total. The largest absolute Gasteiger partial charge is 0.356 e. The summed E-state index contributed by atoms with van der Waals surface area (Å²) in [6, 6.07) is 9.49. The molecule has 6 heteroatoms. The highest BCUT2D eigenvalue weighted by Gasteiger charge is 2.27. The van der Waals surface area contributed by atoms with E-state index in [2.05, 4.69) is 10.4 Å². The van der Waals surface area contributed by atoms with E-state index in [1.165, 1.54) is 6.92 Å². The number of fused-ring (bicyclic) bond motifs is 1. The summed E-state index contributed by atoms with van der Waals surface area (Å²) in [7, 11) is 0. The van der Waals surface area contributed by atoms with Crippen LogP contribution in [0.5, 0.6) is 0 Å². The average molecular weight is 338 g/mol. The summed E-state index contributed by atoms with van der Waals surface area (Å²) in [4.78, 5) is 25.9. The van der Waals surface area contributed by atoms with Crippen LogP contribution in [0, 0.1) is 0 Å². The fourth-order valence-electron chi connectivity index (χ4n) is 3.06. The summed E-state index contributed by atoms with van der Waals surface area (Å²) in [5, 5.41) is 7.07. The van der Waals surface area contributed by atoms with Crippen molar-refractivity contribution in [2.75, 3.05) is 6.54 Å². The van der Waals surface area contributed by atoms with Crippen molar-refractivity contribution >= 4 is 17.9 Å². The molecule has 2 amide bonds. The third-order valence-corrected chi connectivity index (χ3v) is 4.29. The van der Waals surface area contributed by atoms with Crippen LogP contribution in [-0.4, -0.2) is 33.0 Å². The van der Waals surface area contributed by atoms with Crippen molar-refractivity contribution in [1.29, 1.82) is 0 Å². The van der Waals surface area contributed by atoms with Crippen LogP contribution in [0.25, 0.3) is 6.08 Å². The number of benzene rings is 1. The van der Waals surface area contributed by atoms with Gasteiger partial charge in [0.1, 0.15) is 0 Å². The van der Waals surface area contributed by atoms with Crippen LogP contribution < -0.4 is 5.32 Å². The second-order valence-corrected chi connectivity index (χ2v) is 6.06. The van der Waals surface area contributed by atoms with E-state index in [4.69, 9.17) is 0 Å². The van der Waals surface area contributed by atoms with Crippen molar-refractivity contribution in [3.8, 4) is 0 Å². The Kier molecular flexibility index (Phi) is 5.28. The zero-order valence-corrected chi connectivity index (χ0v) is 14.3. The van der Waals surface area contributed by atoms with Gasteiger partial charge in [-0.25, -0.2) is 0 Å². The van der Waals surface area contributed by atoms with Gasteiger partial charge in [0.15, 0.2) is 0 Å². The first-order valence-electron chi connectivity index (χ1n) is 8.45. The predicted molar refractivity (Wildman–Crippen MR) is 95.2 cm³/mol. The van der Waals surface area contributed by atoms with Gasteiger partial charge in [-0.05, 0) is 29.7 Å². The van der Waals surface area contributed by atoms with Crippen LogP contribution in [0.2, 0.25) is 0 Å². The molecule has 0 unspecified atom stereocenters. The number of aromatic nitrogens is 2. The van der Waals surface area contributed by atoms with E-state index < -0.39 is 0 Å². The van der Waals surface area contributed by atoms with Crippen molar-refractivity contribution in [2.24, 2.45) is 0 Å². The molecule has 6 nitrogen and oxygen atoms in total. The maximum atomic E-state index is 12.4. The summed E-state index contributed by atoms with van der Waals surface area (Å²) in [5.74, 6) is -0.121. The van der Waals surface area contributed by atoms with Crippen LogP contribution in [-0.2, 0) is 16.1 Å². The Bertz CT molecular complexity index is 767. The van der Waals surface area contributed by atoms with Crippen LogP contribution in [0.4, 0.5) is 0 Å². The van der Waals surface area contributed by atoms with Gasteiger partial charge in [0.05, 0.1) is 12.5 Å². The first-order chi connectivity index (χ1) is 12.1. The maximum Gasteiger partial charge on any atom is 0.223 e. The molecule has 0 aliphatic carbocycles. The second kappa shape index (κ2) is 7.79. The summed E-state index contributed by atoms with van der Waals surface area (Å²) >= 11 is 0. The van der Waals surface area contributed by atoms with Gasteiger partial charge >= 0.3 is 0 Å². The third-order valence-electron chi connectivity index (χ3n) is 4.29. The molecule has 0 spiro atoms. The Balaban J connectivity index is 1.58.